The molecule has 4 rings (SSSR count). The lowest BCUT2D eigenvalue weighted by Crippen LogP contribution is -2.27. The van der Waals surface area contributed by atoms with E-state index in [0.29, 0.717) is 69.5 Å². The molecule has 0 aliphatic rings. The molecule has 3 aromatic carbocycles. The van der Waals surface area contributed by atoms with Crippen molar-refractivity contribution in [3.8, 4) is 5.75 Å². The third-order valence-electron chi connectivity index (χ3n) is 6.04. The summed E-state index contributed by atoms with van der Waals surface area (Å²) in [4.78, 5) is 27.8. The van der Waals surface area contributed by atoms with Crippen LogP contribution in [0.5, 0.6) is 5.75 Å². The maximum atomic E-state index is 12.0. The predicted octanol–water partition coefficient (Wildman–Crippen LogP) is 4.14. The Bertz CT molecular complexity index is 1360. The van der Waals surface area contributed by atoms with Crippen molar-refractivity contribution in [2.45, 2.75) is 6.54 Å². The van der Waals surface area contributed by atoms with Crippen molar-refractivity contribution in [1.29, 1.82) is 0 Å². The van der Waals surface area contributed by atoms with Crippen molar-refractivity contribution in [2.24, 2.45) is 0 Å². The van der Waals surface area contributed by atoms with E-state index in [-0.39, 0.29) is 5.91 Å². The fraction of sp³-hybridized carbons (Fsp3) is 0.290. The number of nitrogens with zero attached hydrogens (tertiary/aromatic N) is 4. The Morgan fingerprint density at radius 3 is 2.10 bits per heavy atom. The average molecular weight is 572 g/mol. The molecule has 11 nitrogen and oxygen atoms in total. The van der Waals surface area contributed by atoms with E-state index < -0.39 is 0 Å². The molecular weight excluding hydrogens is 534 g/mol. The summed E-state index contributed by atoms with van der Waals surface area (Å²) >= 11 is 0. The largest absolute Gasteiger partial charge is 0.497 e. The van der Waals surface area contributed by atoms with Crippen LogP contribution in [0.25, 0.3) is 0 Å². The molecule has 0 fully saturated rings. The number of carbonyl (C=O) groups is 1. The van der Waals surface area contributed by atoms with Crippen LogP contribution in [0.1, 0.15) is 15.9 Å². The molecule has 0 aliphatic carbocycles. The SMILES string of the molecule is COc1ccc(Nc2nc(NCCOCCOCCNC(=O)c3ccccc3)nc(N(C)Cc3ccccc3)n2)cc1. The Balaban J connectivity index is 1.22. The van der Waals surface area contributed by atoms with Gasteiger partial charge in [0.1, 0.15) is 5.75 Å². The lowest BCUT2D eigenvalue weighted by atomic mass is 10.2. The van der Waals surface area contributed by atoms with E-state index in [4.69, 9.17) is 14.2 Å². The zero-order chi connectivity index (χ0) is 29.4. The molecule has 4 aromatic rings. The molecule has 3 N–H and O–H groups in total. The maximum absolute atomic E-state index is 12.0. The Morgan fingerprint density at radius 1 is 0.762 bits per heavy atom. The minimum atomic E-state index is -0.114. The van der Waals surface area contributed by atoms with E-state index >= 15 is 0 Å². The molecule has 11 heteroatoms. The zero-order valence-electron chi connectivity index (χ0n) is 24.0. The molecule has 220 valence electrons. The molecule has 0 saturated carbocycles. The minimum Gasteiger partial charge on any atom is -0.497 e. The third kappa shape index (κ3) is 10.0. The summed E-state index contributed by atoms with van der Waals surface area (Å²) in [7, 11) is 3.58. The van der Waals surface area contributed by atoms with Gasteiger partial charge >= 0.3 is 0 Å². The van der Waals surface area contributed by atoms with Gasteiger partial charge in [-0.25, -0.2) is 0 Å². The van der Waals surface area contributed by atoms with Crippen molar-refractivity contribution in [1.82, 2.24) is 20.3 Å². The second-order valence-electron chi connectivity index (χ2n) is 9.25. The van der Waals surface area contributed by atoms with Gasteiger partial charge in [-0.2, -0.15) is 15.0 Å². The smallest absolute Gasteiger partial charge is 0.251 e. The summed E-state index contributed by atoms with van der Waals surface area (Å²) in [6.45, 7) is 3.29. The second-order valence-corrected chi connectivity index (χ2v) is 9.25. The van der Waals surface area contributed by atoms with Gasteiger partial charge in [0.05, 0.1) is 33.5 Å². The fourth-order valence-corrected chi connectivity index (χ4v) is 3.89. The van der Waals surface area contributed by atoms with E-state index in [9.17, 15) is 4.79 Å². The number of aromatic nitrogens is 3. The van der Waals surface area contributed by atoms with E-state index in [2.05, 4.69) is 43.0 Å². The number of nitrogens with one attached hydrogen (secondary N) is 3. The average Bonchev–Trinajstić information content (AvgIpc) is 3.03. The van der Waals surface area contributed by atoms with Crippen LogP contribution in [0.15, 0.2) is 84.9 Å². The molecule has 0 bridgehead atoms. The number of rotatable bonds is 17. The van der Waals surface area contributed by atoms with Crippen LogP contribution in [0, 0.1) is 0 Å². The van der Waals surface area contributed by atoms with Gasteiger partial charge in [0.15, 0.2) is 0 Å². The van der Waals surface area contributed by atoms with E-state index in [0.717, 1.165) is 17.0 Å². The van der Waals surface area contributed by atoms with Crippen molar-refractivity contribution in [3.63, 3.8) is 0 Å². The molecule has 0 aliphatic heterocycles. The number of benzene rings is 3. The first-order valence-electron chi connectivity index (χ1n) is 13.8. The van der Waals surface area contributed by atoms with Crippen LogP contribution in [0.3, 0.4) is 0 Å². The summed E-state index contributed by atoms with van der Waals surface area (Å²) < 4.78 is 16.5. The molecule has 1 heterocycles. The lowest BCUT2D eigenvalue weighted by molar-refractivity contribution is 0.0519. The van der Waals surface area contributed by atoms with Crippen LogP contribution in [0.4, 0.5) is 23.5 Å². The van der Waals surface area contributed by atoms with Crippen molar-refractivity contribution < 1.29 is 19.0 Å². The summed E-state index contributed by atoms with van der Waals surface area (Å²) in [5.74, 6) is 2.03. The number of ether oxygens (including phenoxy) is 3. The normalized spacial score (nSPS) is 10.6. The third-order valence-corrected chi connectivity index (χ3v) is 6.04. The molecule has 1 amide bonds. The van der Waals surface area contributed by atoms with Gasteiger partial charge in [-0.1, -0.05) is 48.5 Å². The molecule has 0 radical (unpaired) electrons. The van der Waals surface area contributed by atoms with Crippen LogP contribution in [-0.2, 0) is 16.0 Å². The van der Waals surface area contributed by atoms with Crippen LogP contribution < -0.4 is 25.6 Å². The summed E-state index contributed by atoms with van der Waals surface area (Å²) in [5, 5.41) is 9.30. The lowest BCUT2D eigenvalue weighted by Gasteiger charge is -2.19. The second kappa shape index (κ2) is 16.5. The molecule has 0 saturated heterocycles. The Kier molecular flexibility index (Phi) is 11.9. The van der Waals surface area contributed by atoms with E-state index in [1.54, 1.807) is 19.2 Å². The number of hydrogen-bond donors (Lipinski definition) is 3. The first kappa shape index (κ1) is 30.2. The summed E-state index contributed by atoms with van der Waals surface area (Å²) in [5.41, 5.74) is 2.60. The fourth-order valence-electron chi connectivity index (χ4n) is 3.89. The van der Waals surface area contributed by atoms with Crippen LogP contribution in [0.2, 0.25) is 0 Å². The number of anilines is 4. The molecule has 0 unspecified atom stereocenters. The first-order chi connectivity index (χ1) is 20.6. The standard InChI is InChI=1S/C31H37N7O4/c1-38(23-24-9-5-3-6-10-24)31-36-29(35-30(37-31)34-26-13-15-27(40-2)16-14-26)33-18-20-42-22-21-41-19-17-32-28(39)25-11-7-4-8-12-25/h3-16H,17-23H2,1-2H3,(H,32,39)(H2,33,34,35,36,37). The van der Waals surface area contributed by atoms with Gasteiger partial charge in [-0.05, 0) is 42.0 Å². The topological polar surface area (TPSA) is 123 Å². The summed E-state index contributed by atoms with van der Waals surface area (Å²) in [6, 6.07) is 26.8. The van der Waals surface area contributed by atoms with Gasteiger partial charge in [-0.3, -0.25) is 4.79 Å². The maximum Gasteiger partial charge on any atom is 0.251 e. The number of carbonyl (C=O) groups excluding carboxylic acids is 1. The zero-order valence-corrected chi connectivity index (χ0v) is 24.0. The highest BCUT2D eigenvalue weighted by molar-refractivity contribution is 5.94. The highest BCUT2D eigenvalue weighted by Gasteiger charge is 2.12. The van der Waals surface area contributed by atoms with Crippen molar-refractivity contribution in [2.75, 3.05) is 69.2 Å². The molecule has 42 heavy (non-hydrogen) atoms. The molecule has 0 spiro atoms. The van der Waals surface area contributed by atoms with Gasteiger partial charge in [0, 0.05) is 37.9 Å². The highest BCUT2D eigenvalue weighted by Crippen LogP contribution is 2.20. The van der Waals surface area contributed by atoms with Crippen molar-refractivity contribution in [3.05, 3.63) is 96.1 Å². The molecule has 1 aromatic heterocycles. The Hall–Kier alpha value is -4.74. The van der Waals surface area contributed by atoms with Crippen LogP contribution in [-0.4, -0.2) is 74.5 Å². The minimum absolute atomic E-state index is 0.114. The van der Waals surface area contributed by atoms with E-state index in [1.807, 2.05) is 72.6 Å². The predicted molar refractivity (Wildman–Crippen MR) is 164 cm³/mol. The highest BCUT2D eigenvalue weighted by atomic mass is 16.5. The first-order valence-corrected chi connectivity index (χ1v) is 13.8. The Labute approximate surface area is 246 Å². The molecular formula is C31H37N7O4. The van der Waals surface area contributed by atoms with E-state index in [1.165, 1.54) is 0 Å². The van der Waals surface area contributed by atoms with Gasteiger partial charge in [-0.15, -0.1) is 0 Å². The number of amides is 1. The summed E-state index contributed by atoms with van der Waals surface area (Å²) in [6.07, 6.45) is 0. The van der Waals surface area contributed by atoms with Crippen LogP contribution >= 0.6 is 0 Å². The number of methoxy groups -OCH3 is 1. The van der Waals surface area contributed by atoms with Gasteiger partial charge in [0.2, 0.25) is 17.8 Å². The van der Waals surface area contributed by atoms with Crippen molar-refractivity contribution >= 4 is 29.4 Å². The van der Waals surface area contributed by atoms with Gasteiger partial charge < -0.3 is 35.1 Å². The molecule has 0 atom stereocenters. The number of hydrogen-bond acceptors (Lipinski definition) is 10. The van der Waals surface area contributed by atoms with Gasteiger partial charge in [0.25, 0.3) is 5.91 Å². The monoisotopic (exact) mass is 571 g/mol. The quantitative estimate of drug-likeness (QED) is 0.159. The Morgan fingerprint density at radius 2 is 1.40 bits per heavy atom.